The van der Waals surface area contributed by atoms with E-state index >= 15 is 0 Å². The van der Waals surface area contributed by atoms with E-state index in [0.717, 1.165) is 19.6 Å². The molecule has 1 atom stereocenters. The molecule has 2 rings (SSSR count). The molecule has 3 N–H and O–H groups in total. The van der Waals surface area contributed by atoms with Crippen LogP contribution < -0.4 is 16.2 Å². The number of nitrogens with zero attached hydrogens (tertiary/aromatic N) is 1. The molecule has 21 heavy (non-hydrogen) atoms. The lowest BCUT2D eigenvalue weighted by Gasteiger charge is -2.27. The minimum absolute atomic E-state index is 0.203. The van der Waals surface area contributed by atoms with Crippen LogP contribution in [-0.2, 0) is 4.79 Å². The third-order valence-electron chi connectivity index (χ3n) is 3.44. The Balaban J connectivity index is 1.65. The fourth-order valence-electron chi connectivity index (χ4n) is 2.47. The average Bonchev–Trinajstić information content (AvgIpc) is 3.00. The lowest BCUT2D eigenvalue weighted by Crippen LogP contribution is -2.47. The fraction of sp³-hybridized carbons (Fsp3) is 0.571. The van der Waals surface area contributed by atoms with Crippen LogP contribution in [0.1, 0.15) is 22.5 Å². The van der Waals surface area contributed by atoms with Gasteiger partial charge < -0.3 is 5.32 Å². The number of carbonyl (C=O) groups is 2. The van der Waals surface area contributed by atoms with Gasteiger partial charge in [-0.25, -0.2) is 0 Å². The molecule has 1 fully saturated rings. The lowest BCUT2D eigenvalue weighted by atomic mass is 9.99. The number of hydrogen-bond acceptors (Lipinski definition) is 5. The van der Waals surface area contributed by atoms with E-state index in [1.807, 2.05) is 17.3 Å². The number of piperidine rings is 1. The van der Waals surface area contributed by atoms with Crippen LogP contribution in [0, 0.1) is 5.92 Å². The van der Waals surface area contributed by atoms with E-state index in [4.69, 9.17) is 0 Å². The van der Waals surface area contributed by atoms with Gasteiger partial charge in [-0.3, -0.25) is 25.3 Å². The number of nitrogens with one attached hydrogen (secondary N) is 3. The van der Waals surface area contributed by atoms with Crippen molar-refractivity contribution in [2.24, 2.45) is 5.92 Å². The highest BCUT2D eigenvalue weighted by molar-refractivity contribution is 7.12. The summed E-state index contributed by atoms with van der Waals surface area (Å²) < 4.78 is 0. The van der Waals surface area contributed by atoms with Crippen molar-refractivity contribution in [3.05, 3.63) is 22.4 Å². The molecule has 6 nitrogen and oxygen atoms in total. The number of thiophene rings is 1. The van der Waals surface area contributed by atoms with Crippen LogP contribution in [0.3, 0.4) is 0 Å². The molecule has 7 heteroatoms. The molecule has 116 valence electrons. The first-order valence-electron chi connectivity index (χ1n) is 7.17. The largest absolute Gasteiger partial charge is 0.316 e. The van der Waals surface area contributed by atoms with Crippen LogP contribution in [0.15, 0.2) is 17.5 Å². The van der Waals surface area contributed by atoms with Gasteiger partial charge >= 0.3 is 0 Å². The Bertz CT molecular complexity index is 458. The zero-order valence-corrected chi connectivity index (χ0v) is 13.0. The van der Waals surface area contributed by atoms with Crippen LogP contribution in [0.2, 0.25) is 0 Å². The van der Waals surface area contributed by atoms with Crippen LogP contribution in [0.25, 0.3) is 0 Å². The predicted octanol–water partition coefficient (Wildman–Crippen LogP) is 0.441. The topological polar surface area (TPSA) is 73.5 Å². The highest BCUT2D eigenvalue weighted by atomic mass is 32.1. The number of hydrogen-bond donors (Lipinski definition) is 3. The Morgan fingerprint density at radius 2 is 2.33 bits per heavy atom. The SMILES string of the molecule is CN(CC(=O)NNC(=O)c1cccs1)CC1CCCNC1. The van der Waals surface area contributed by atoms with Gasteiger partial charge in [-0.1, -0.05) is 6.07 Å². The van der Waals surface area contributed by atoms with Gasteiger partial charge in [-0.15, -0.1) is 11.3 Å². The molecule has 1 aliphatic heterocycles. The van der Waals surface area contributed by atoms with Crippen molar-refractivity contribution in [1.29, 1.82) is 0 Å². The number of rotatable bonds is 5. The van der Waals surface area contributed by atoms with E-state index in [1.165, 1.54) is 24.2 Å². The van der Waals surface area contributed by atoms with Gasteiger partial charge in [0, 0.05) is 6.54 Å². The highest BCUT2D eigenvalue weighted by Crippen LogP contribution is 2.10. The van der Waals surface area contributed by atoms with Crippen molar-refractivity contribution in [3.63, 3.8) is 0 Å². The second-order valence-corrected chi connectivity index (χ2v) is 6.34. The molecule has 0 bridgehead atoms. The molecule has 1 unspecified atom stereocenters. The third-order valence-corrected chi connectivity index (χ3v) is 4.31. The Labute approximate surface area is 128 Å². The highest BCUT2D eigenvalue weighted by Gasteiger charge is 2.16. The molecule has 0 saturated carbocycles. The Morgan fingerprint density at radius 1 is 1.48 bits per heavy atom. The molecule has 2 amide bonds. The van der Waals surface area contributed by atoms with Gasteiger partial charge in [0.05, 0.1) is 11.4 Å². The Morgan fingerprint density at radius 3 is 3.00 bits per heavy atom. The Hall–Kier alpha value is -1.44. The lowest BCUT2D eigenvalue weighted by molar-refractivity contribution is -0.122. The summed E-state index contributed by atoms with van der Waals surface area (Å²) >= 11 is 1.34. The van der Waals surface area contributed by atoms with E-state index < -0.39 is 0 Å². The summed E-state index contributed by atoms with van der Waals surface area (Å²) in [4.78, 5) is 26.0. The molecule has 2 heterocycles. The molecule has 1 aromatic heterocycles. The van der Waals surface area contributed by atoms with Crippen molar-refractivity contribution in [2.45, 2.75) is 12.8 Å². The van der Waals surface area contributed by atoms with E-state index in [-0.39, 0.29) is 18.4 Å². The van der Waals surface area contributed by atoms with Crippen LogP contribution in [0.5, 0.6) is 0 Å². The van der Waals surface area contributed by atoms with E-state index in [1.54, 1.807) is 12.1 Å². The molecule has 1 saturated heterocycles. The quantitative estimate of drug-likeness (QED) is 0.690. The average molecular weight is 310 g/mol. The van der Waals surface area contributed by atoms with Gasteiger partial charge in [0.2, 0.25) is 0 Å². The van der Waals surface area contributed by atoms with Gasteiger partial charge in [0.15, 0.2) is 0 Å². The maximum atomic E-state index is 11.8. The maximum absolute atomic E-state index is 11.8. The molecule has 0 radical (unpaired) electrons. The van der Waals surface area contributed by atoms with Crippen molar-refractivity contribution >= 4 is 23.2 Å². The second kappa shape index (κ2) is 8.11. The summed E-state index contributed by atoms with van der Waals surface area (Å²) in [7, 11) is 1.93. The normalized spacial score (nSPS) is 18.5. The molecular formula is C14H22N4O2S. The zero-order chi connectivity index (χ0) is 15.1. The fourth-order valence-corrected chi connectivity index (χ4v) is 3.08. The molecule has 0 aromatic carbocycles. The molecule has 0 aliphatic carbocycles. The molecular weight excluding hydrogens is 288 g/mol. The van der Waals surface area contributed by atoms with Crippen LogP contribution in [0.4, 0.5) is 0 Å². The Kier molecular flexibility index (Phi) is 6.16. The molecule has 1 aromatic rings. The summed E-state index contributed by atoms with van der Waals surface area (Å²) in [5.41, 5.74) is 4.88. The zero-order valence-electron chi connectivity index (χ0n) is 12.2. The van der Waals surface area contributed by atoms with Gasteiger partial charge in [-0.05, 0) is 50.3 Å². The van der Waals surface area contributed by atoms with Gasteiger partial charge in [0.25, 0.3) is 11.8 Å². The summed E-state index contributed by atoms with van der Waals surface area (Å²) in [6, 6.07) is 3.52. The van der Waals surface area contributed by atoms with Gasteiger partial charge in [-0.2, -0.15) is 0 Å². The second-order valence-electron chi connectivity index (χ2n) is 5.39. The third kappa shape index (κ3) is 5.45. The van der Waals surface area contributed by atoms with Crippen molar-refractivity contribution in [1.82, 2.24) is 21.1 Å². The van der Waals surface area contributed by atoms with Crippen LogP contribution in [-0.4, -0.2) is 49.9 Å². The summed E-state index contributed by atoms with van der Waals surface area (Å²) in [6.07, 6.45) is 2.40. The first kappa shape index (κ1) is 15.9. The number of carbonyl (C=O) groups excluding carboxylic acids is 2. The number of likely N-dealkylation sites (N-methyl/N-ethyl adjacent to an activating group) is 1. The minimum atomic E-state index is -0.280. The summed E-state index contributed by atoms with van der Waals surface area (Å²) in [5.74, 6) is 0.112. The summed E-state index contributed by atoms with van der Waals surface area (Å²) in [6.45, 7) is 3.27. The van der Waals surface area contributed by atoms with Crippen LogP contribution >= 0.6 is 11.3 Å². The molecule has 1 aliphatic rings. The van der Waals surface area contributed by atoms with E-state index in [2.05, 4.69) is 16.2 Å². The van der Waals surface area contributed by atoms with Crippen molar-refractivity contribution in [2.75, 3.05) is 33.2 Å². The number of amides is 2. The first-order valence-corrected chi connectivity index (χ1v) is 8.05. The van der Waals surface area contributed by atoms with E-state index in [0.29, 0.717) is 10.8 Å². The standard InChI is InChI=1S/C14H22N4O2S/c1-18(9-11-4-2-6-15-8-11)10-13(19)16-17-14(20)12-5-3-7-21-12/h3,5,7,11,15H,2,4,6,8-10H2,1H3,(H,16,19)(H,17,20). The monoisotopic (exact) mass is 310 g/mol. The van der Waals surface area contributed by atoms with Crippen molar-refractivity contribution in [3.8, 4) is 0 Å². The minimum Gasteiger partial charge on any atom is -0.316 e. The first-order chi connectivity index (χ1) is 10.1. The van der Waals surface area contributed by atoms with Gasteiger partial charge in [0.1, 0.15) is 0 Å². The summed E-state index contributed by atoms with van der Waals surface area (Å²) in [5, 5.41) is 5.19. The maximum Gasteiger partial charge on any atom is 0.279 e. The number of hydrazine groups is 1. The predicted molar refractivity (Wildman–Crippen MR) is 83.0 cm³/mol. The van der Waals surface area contributed by atoms with E-state index in [9.17, 15) is 9.59 Å². The van der Waals surface area contributed by atoms with Crippen molar-refractivity contribution < 1.29 is 9.59 Å². The smallest absolute Gasteiger partial charge is 0.279 e. The molecule has 0 spiro atoms.